The normalized spacial score (nSPS) is 12.6. The lowest BCUT2D eigenvalue weighted by molar-refractivity contribution is 0.0523. The second-order valence-corrected chi connectivity index (χ2v) is 6.45. The molecular weight excluding hydrogens is 280 g/mol. The van der Waals surface area contributed by atoms with Crippen molar-refractivity contribution in [2.24, 2.45) is 5.92 Å². The van der Waals surface area contributed by atoms with Gasteiger partial charge in [-0.2, -0.15) is 0 Å². The molecule has 1 aromatic carbocycles. The van der Waals surface area contributed by atoms with Crippen molar-refractivity contribution in [2.45, 2.75) is 39.8 Å². The lowest BCUT2D eigenvalue weighted by Crippen LogP contribution is -2.32. The van der Waals surface area contributed by atoms with Gasteiger partial charge >= 0.3 is 6.09 Å². The van der Waals surface area contributed by atoms with E-state index in [0.717, 1.165) is 17.8 Å². The molecule has 0 aliphatic rings. The molecule has 1 amide bonds. The van der Waals surface area contributed by atoms with Gasteiger partial charge in [-0.3, -0.25) is 0 Å². The summed E-state index contributed by atoms with van der Waals surface area (Å²) in [5, 5.41) is 6.18. The Labute approximate surface area is 133 Å². The number of carbonyl (C=O) groups excluding carboxylic acids is 1. The van der Waals surface area contributed by atoms with Crippen LogP contribution in [0.25, 0.3) is 0 Å². The van der Waals surface area contributed by atoms with Crippen LogP contribution in [0.3, 0.4) is 0 Å². The molecule has 22 heavy (non-hydrogen) atoms. The zero-order valence-electron chi connectivity index (χ0n) is 14.2. The summed E-state index contributed by atoms with van der Waals surface area (Å²) >= 11 is 0. The fourth-order valence-electron chi connectivity index (χ4n) is 1.96. The number of alkyl carbamates (subject to hydrolysis) is 1. The molecule has 0 aliphatic carbocycles. The first kappa shape index (κ1) is 18.3. The number of methoxy groups -OCH3 is 1. The summed E-state index contributed by atoms with van der Waals surface area (Å²) in [6, 6.07) is 7.92. The third-order valence-corrected chi connectivity index (χ3v) is 2.93. The van der Waals surface area contributed by atoms with E-state index in [-0.39, 0.29) is 0 Å². The molecule has 0 heterocycles. The van der Waals surface area contributed by atoms with Gasteiger partial charge in [0, 0.05) is 25.9 Å². The smallest absolute Gasteiger partial charge is 0.407 e. The Kier molecular flexibility index (Phi) is 7.18. The van der Waals surface area contributed by atoms with Gasteiger partial charge in [-0.15, -0.1) is 0 Å². The number of ether oxygens (including phenoxy) is 2. The van der Waals surface area contributed by atoms with Gasteiger partial charge in [-0.25, -0.2) is 4.79 Å². The number of carbonyl (C=O) groups is 1. The summed E-state index contributed by atoms with van der Waals surface area (Å²) in [4.78, 5) is 11.7. The van der Waals surface area contributed by atoms with Crippen molar-refractivity contribution in [2.75, 3.05) is 25.6 Å². The van der Waals surface area contributed by atoms with Crippen molar-refractivity contribution in [1.29, 1.82) is 0 Å². The van der Waals surface area contributed by atoms with E-state index >= 15 is 0 Å². The molecule has 0 saturated carbocycles. The standard InChI is InChI=1S/C17H28N2O3/c1-13(12-21-5)10-18-15-9-7-6-8-14(15)11-19-16(20)22-17(2,3)4/h6-9,13,18H,10-12H2,1-5H3,(H,19,20). The number of para-hydroxylation sites is 1. The van der Waals surface area contributed by atoms with Crippen molar-refractivity contribution in [3.05, 3.63) is 29.8 Å². The van der Waals surface area contributed by atoms with Crippen molar-refractivity contribution >= 4 is 11.8 Å². The predicted molar refractivity (Wildman–Crippen MR) is 89.0 cm³/mol. The van der Waals surface area contributed by atoms with Crippen LogP contribution in [0.1, 0.15) is 33.3 Å². The third-order valence-electron chi connectivity index (χ3n) is 2.93. The zero-order chi connectivity index (χ0) is 16.6. The monoisotopic (exact) mass is 308 g/mol. The quantitative estimate of drug-likeness (QED) is 0.810. The Hall–Kier alpha value is -1.75. The van der Waals surface area contributed by atoms with Crippen molar-refractivity contribution < 1.29 is 14.3 Å². The highest BCUT2D eigenvalue weighted by molar-refractivity contribution is 5.68. The van der Waals surface area contributed by atoms with Crippen molar-refractivity contribution in [3.8, 4) is 0 Å². The summed E-state index contributed by atoms with van der Waals surface area (Å²) in [6.45, 7) is 9.62. The van der Waals surface area contributed by atoms with Crippen LogP contribution in [0.15, 0.2) is 24.3 Å². The molecule has 124 valence electrons. The molecule has 1 atom stereocenters. The minimum Gasteiger partial charge on any atom is -0.444 e. The molecule has 2 N–H and O–H groups in total. The summed E-state index contributed by atoms with van der Waals surface area (Å²) < 4.78 is 10.4. The van der Waals surface area contributed by atoms with Gasteiger partial charge in [0.15, 0.2) is 0 Å². The molecule has 5 nitrogen and oxygen atoms in total. The SMILES string of the molecule is COCC(C)CNc1ccccc1CNC(=O)OC(C)(C)C. The largest absolute Gasteiger partial charge is 0.444 e. The van der Waals surface area contributed by atoms with Crippen LogP contribution in [-0.4, -0.2) is 32.0 Å². The topological polar surface area (TPSA) is 59.6 Å². The number of hydrogen-bond acceptors (Lipinski definition) is 4. The summed E-state index contributed by atoms with van der Waals surface area (Å²) in [5.41, 5.74) is 1.55. The van der Waals surface area contributed by atoms with Crippen molar-refractivity contribution in [3.63, 3.8) is 0 Å². The highest BCUT2D eigenvalue weighted by Crippen LogP contribution is 2.16. The van der Waals surface area contributed by atoms with Crippen LogP contribution in [-0.2, 0) is 16.0 Å². The van der Waals surface area contributed by atoms with E-state index in [2.05, 4.69) is 17.6 Å². The van der Waals surface area contributed by atoms with Gasteiger partial charge < -0.3 is 20.1 Å². The van der Waals surface area contributed by atoms with E-state index in [0.29, 0.717) is 19.1 Å². The molecule has 1 unspecified atom stereocenters. The Morgan fingerprint density at radius 3 is 2.59 bits per heavy atom. The van der Waals surface area contributed by atoms with E-state index in [9.17, 15) is 4.79 Å². The summed E-state index contributed by atoms with van der Waals surface area (Å²) in [6.07, 6.45) is -0.407. The molecule has 0 spiro atoms. The van der Waals surface area contributed by atoms with E-state index in [1.54, 1.807) is 7.11 Å². The van der Waals surface area contributed by atoms with E-state index in [1.165, 1.54) is 0 Å². The first-order chi connectivity index (χ1) is 10.3. The molecule has 0 bridgehead atoms. The Bertz CT molecular complexity index is 469. The first-order valence-corrected chi connectivity index (χ1v) is 7.59. The average Bonchev–Trinajstić information content (AvgIpc) is 2.42. The van der Waals surface area contributed by atoms with Crippen LogP contribution in [0.4, 0.5) is 10.5 Å². The Morgan fingerprint density at radius 2 is 1.95 bits per heavy atom. The average molecular weight is 308 g/mol. The second-order valence-electron chi connectivity index (χ2n) is 6.45. The minimum absolute atomic E-state index is 0.407. The Morgan fingerprint density at radius 1 is 1.27 bits per heavy atom. The molecule has 0 fully saturated rings. The van der Waals surface area contributed by atoms with Gasteiger partial charge in [-0.05, 0) is 38.3 Å². The number of nitrogens with one attached hydrogen (secondary N) is 2. The number of hydrogen-bond donors (Lipinski definition) is 2. The fraction of sp³-hybridized carbons (Fsp3) is 0.588. The second kappa shape index (κ2) is 8.63. The maximum absolute atomic E-state index is 11.7. The third kappa shape index (κ3) is 7.31. The molecule has 0 aromatic heterocycles. The summed E-state index contributed by atoms with van der Waals surface area (Å²) in [5.74, 6) is 0.414. The lowest BCUT2D eigenvalue weighted by Gasteiger charge is -2.20. The van der Waals surface area contributed by atoms with Crippen LogP contribution < -0.4 is 10.6 Å². The van der Waals surface area contributed by atoms with Gasteiger partial charge in [0.25, 0.3) is 0 Å². The Balaban J connectivity index is 2.55. The van der Waals surface area contributed by atoms with Gasteiger partial charge in [0.05, 0.1) is 6.61 Å². The van der Waals surface area contributed by atoms with E-state index < -0.39 is 11.7 Å². The molecule has 5 heteroatoms. The molecular formula is C17H28N2O3. The molecule has 0 saturated heterocycles. The van der Waals surface area contributed by atoms with Crippen LogP contribution in [0.5, 0.6) is 0 Å². The van der Waals surface area contributed by atoms with Crippen LogP contribution in [0, 0.1) is 5.92 Å². The number of anilines is 1. The van der Waals surface area contributed by atoms with Gasteiger partial charge in [-0.1, -0.05) is 25.1 Å². The highest BCUT2D eigenvalue weighted by atomic mass is 16.6. The van der Waals surface area contributed by atoms with Crippen LogP contribution in [0.2, 0.25) is 0 Å². The fourth-order valence-corrected chi connectivity index (χ4v) is 1.96. The molecule has 0 radical (unpaired) electrons. The van der Waals surface area contributed by atoms with Gasteiger partial charge in [0.1, 0.15) is 5.60 Å². The van der Waals surface area contributed by atoms with Crippen LogP contribution >= 0.6 is 0 Å². The maximum atomic E-state index is 11.7. The highest BCUT2D eigenvalue weighted by Gasteiger charge is 2.16. The summed E-state index contributed by atoms with van der Waals surface area (Å²) in [7, 11) is 1.70. The van der Waals surface area contributed by atoms with Gasteiger partial charge in [0.2, 0.25) is 0 Å². The number of amides is 1. The molecule has 1 rings (SSSR count). The van der Waals surface area contributed by atoms with Crippen molar-refractivity contribution in [1.82, 2.24) is 5.32 Å². The zero-order valence-corrected chi connectivity index (χ0v) is 14.2. The lowest BCUT2D eigenvalue weighted by atomic mass is 10.1. The number of rotatable bonds is 7. The molecule has 1 aromatic rings. The predicted octanol–water partition coefficient (Wildman–Crippen LogP) is 3.41. The maximum Gasteiger partial charge on any atom is 0.407 e. The first-order valence-electron chi connectivity index (χ1n) is 7.59. The van der Waals surface area contributed by atoms with E-state index in [4.69, 9.17) is 9.47 Å². The molecule has 0 aliphatic heterocycles. The van der Waals surface area contributed by atoms with E-state index in [1.807, 2.05) is 45.0 Å². The minimum atomic E-state index is -0.489. The number of benzene rings is 1.